The number of carbonyl (C=O) groups is 1. The van der Waals surface area contributed by atoms with Crippen LogP contribution in [-0.2, 0) is 19.6 Å². The maximum absolute atomic E-state index is 12.6. The number of hydrogen-bond acceptors (Lipinski definition) is 6. The summed E-state index contributed by atoms with van der Waals surface area (Å²) in [6, 6.07) is 2.30. The predicted octanol–water partition coefficient (Wildman–Crippen LogP) is 1.10. The average Bonchev–Trinajstić information content (AvgIpc) is 3.09. The SMILES string of the molecule is CCOC(=O)C1CCCN1S(=O)(=O)c1ccc(C(N)=S)s1. The van der Waals surface area contributed by atoms with Crippen molar-refractivity contribution in [2.45, 2.75) is 30.0 Å². The van der Waals surface area contributed by atoms with E-state index in [1.807, 2.05) is 0 Å². The van der Waals surface area contributed by atoms with Gasteiger partial charge in [-0.05, 0) is 31.9 Å². The molecule has 1 fully saturated rings. The molecule has 1 atom stereocenters. The highest BCUT2D eigenvalue weighted by Gasteiger charge is 2.40. The second kappa shape index (κ2) is 6.39. The molecule has 1 unspecified atom stereocenters. The Morgan fingerprint density at radius 1 is 1.57 bits per heavy atom. The molecule has 0 radical (unpaired) electrons. The summed E-state index contributed by atoms with van der Waals surface area (Å²) in [5.41, 5.74) is 5.50. The molecule has 0 amide bonds. The lowest BCUT2D eigenvalue weighted by atomic mass is 10.2. The molecule has 1 saturated heterocycles. The number of hydrogen-bond donors (Lipinski definition) is 1. The van der Waals surface area contributed by atoms with Crippen molar-refractivity contribution in [2.75, 3.05) is 13.2 Å². The Balaban J connectivity index is 2.29. The van der Waals surface area contributed by atoms with Crippen LogP contribution in [0.1, 0.15) is 24.6 Å². The van der Waals surface area contributed by atoms with Gasteiger partial charge in [-0.25, -0.2) is 8.42 Å². The average molecular weight is 348 g/mol. The van der Waals surface area contributed by atoms with Crippen LogP contribution < -0.4 is 5.73 Å². The van der Waals surface area contributed by atoms with Crippen molar-refractivity contribution in [3.8, 4) is 0 Å². The minimum atomic E-state index is -3.73. The lowest BCUT2D eigenvalue weighted by Crippen LogP contribution is -2.41. The molecule has 0 aliphatic carbocycles. The zero-order chi connectivity index (χ0) is 15.6. The Labute approximate surface area is 132 Å². The molecule has 2 rings (SSSR count). The van der Waals surface area contributed by atoms with Crippen molar-refractivity contribution in [1.29, 1.82) is 0 Å². The summed E-state index contributed by atoms with van der Waals surface area (Å²) in [6.07, 6.45) is 1.11. The molecule has 1 aromatic heterocycles. The molecule has 0 aromatic carbocycles. The summed E-state index contributed by atoms with van der Waals surface area (Å²) >= 11 is 5.85. The Kier molecular flexibility index (Phi) is 4.97. The molecule has 1 aliphatic heterocycles. The molecular weight excluding hydrogens is 332 g/mol. The van der Waals surface area contributed by atoms with Gasteiger partial charge < -0.3 is 10.5 Å². The van der Waals surface area contributed by atoms with Gasteiger partial charge >= 0.3 is 5.97 Å². The topological polar surface area (TPSA) is 89.7 Å². The Hall–Kier alpha value is -1.03. The van der Waals surface area contributed by atoms with Gasteiger partial charge in [-0.15, -0.1) is 11.3 Å². The molecule has 116 valence electrons. The maximum Gasteiger partial charge on any atom is 0.324 e. The van der Waals surface area contributed by atoms with Crippen LogP contribution in [0, 0.1) is 0 Å². The van der Waals surface area contributed by atoms with Crippen molar-refractivity contribution < 1.29 is 17.9 Å². The minimum absolute atomic E-state index is 0.140. The fourth-order valence-electron chi connectivity index (χ4n) is 2.21. The third-order valence-electron chi connectivity index (χ3n) is 3.15. The molecule has 2 heterocycles. The fourth-order valence-corrected chi connectivity index (χ4v) is 5.34. The first-order valence-electron chi connectivity index (χ1n) is 6.46. The van der Waals surface area contributed by atoms with E-state index in [0.717, 1.165) is 11.3 Å². The molecule has 9 heteroatoms. The van der Waals surface area contributed by atoms with Crippen LogP contribution in [0.2, 0.25) is 0 Å². The van der Waals surface area contributed by atoms with Gasteiger partial charge in [0.15, 0.2) is 0 Å². The van der Waals surface area contributed by atoms with Gasteiger partial charge in [0, 0.05) is 6.54 Å². The lowest BCUT2D eigenvalue weighted by molar-refractivity contribution is -0.146. The molecule has 0 bridgehead atoms. The standard InChI is InChI=1S/C12H16N2O4S3/c1-2-18-12(15)8-4-3-7-14(8)21(16,17)10-6-5-9(20-10)11(13)19/h5-6,8H,2-4,7H2,1H3,(H2,13,19). The van der Waals surface area contributed by atoms with E-state index in [1.54, 1.807) is 13.0 Å². The highest BCUT2D eigenvalue weighted by molar-refractivity contribution is 7.91. The molecule has 0 spiro atoms. The van der Waals surface area contributed by atoms with Gasteiger partial charge in [0.2, 0.25) is 0 Å². The van der Waals surface area contributed by atoms with Gasteiger partial charge in [0.05, 0.1) is 11.5 Å². The van der Waals surface area contributed by atoms with E-state index in [2.05, 4.69) is 0 Å². The Bertz CT molecular complexity index is 653. The second-order valence-electron chi connectivity index (χ2n) is 4.51. The van der Waals surface area contributed by atoms with E-state index >= 15 is 0 Å². The summed E-state index contributed by atoms with van der Waals surface area (Å²) in [7, 11) is -3.73. The number of nitrogens with zero attached hydrogens (tertiary/aromatic N) is 1. The van der Waals surface area contributed by atoms with Gasteiger partial charge in [0.1, 0.15) is 15.2 Å². The van der Waals surface area contributed by atoms with Gasteiger partial charge in [-0.1, -0.05) is 12.2 Å². The summed E-state index contributed by atoms with van der Waals surface area (Å²) in [6.45, 7) is 2.24. The normalized spacial score (nSPS) is 19.6. The van der Waals surface area contributed by atoms with Crippen LogP contribution in [0.4, 0.5) is 0 Å². The molecule has 1 aliphatic rings. The molecule has 1 aromatic rings. The number of esters is 1. The first-order chi connectivity index (χ1) is 9.87. The quantitative estimate of drug-likeness (QED) is 0.633. The number of rotatable bonds is 5. The van der Waals surface area contributed by atoms with E-state index in [9.17, 15) is 13.2 Å². The van der Waals surface area contributed by atoms with Crippen LogP contribution >= 0.6 is 23.6 Å². The summed E-state index contributed by atoms with van der Waals surface area (Å²) in [4.78, 5) is 12.6. The van der Waals surface area contributed by atoms with Crippen molar-refractivity contribution in [2.24, 2.45) is 5.73 Å². The van der Waals surface area contributed by atoms with Gasteiger partial charge in [-0.2, -0.15) is 4.31 Å². The molecule has 0 saturated carbocycles. The van der Waals surface area contributed by atoms with Crippen LogP contribution in [-0.4, -0.2) is 42.9 Å². The second-order valence-corrected chi connectivity index (χ2v) is 8.15. The summed E-state index contributed by atoms with van der Waals surface area (Å²) in [5, 5.41) is 0. The zero-order valence-corrected chi connectivity index (χ0v) is 13.9. The fraction of sp³-hybridized carbons (Fsp3) is 0.500. The number of sulfonamides is 1. The minimum Gasteiger partial charge on any atom is -0.465 e. The Morgan fingerprint density at radius 2 is 2.29 bits per heavy atom. The van der Waals surface area contributed by atoms with Crippen LogP contribution in [0.3, 0.4) is 0 Å². The van der Waals surface area contributed by atoms with E-state index in [4.69, 9.17) is 22.7 Å². The lowest BCUT2D eigenvalue weighted by Gasteiger charge is -2.21. The predicted molar refractivity (Wildman–Crippen MR) is 83.8 cm³/mol. The van der Waals surface area contributed by atoms with Crippen LogP contribution in [0.5, 0.6) is 0 Å². The summed E-state index contributed by atoms with van der Waals surface area (Å²) < 4.78 is 31.6. The van der Waals surface area contributed by atoms with Crippen molar-refractivity contribution in [1.82, 2.24) is 4.31 Å². The van der Waals surface area contributed by atoms with E-state index < -0.39 is 22.0 Å². The molecule has 2 N–H and O–H groups in total. The number of ether oxygens (including phenoxy) is 1. The van der Waals surface area contributed by atoms with E-state index in [1.165, 1.54) is 10.4 Å². The van der Waals surface area contributed by atoms with Gasteiger partial charge in [-0.3, -0.25) is 4.79 Å². The van der Waals surface area contributed by atoms with Crippen molar-refractivity contribution in [3.05, 3.63) is 17.0 Å². The smallest absolute Gasteiger partial charge is 0.324 e. The summed E-state index contributed by atoms with van der Waals surface area (Å²) in [5.74, 6) is -0.496. The molecule has 21 heavy (non-hydrogen) atoms. The van der Waals surface area contributed by atoms with E-state index in [-0.39, 0.29) is 15.8 Å². The Morgan fingerprint density at radius 3 is 2.86 bits per heavy atom. The third kappa shape index (κ3) is 3.25. The number of thiophene rings is 1. The number of carbonyl (C=O) groups excluding carboxylic acids is 1. The third-order valence-corrected chi connectivity index (χ3v) is 6.99. The molecular formula is C12H16N2O4S3. The van der Waals surface area contributed by atoms with Crippen LogP contribution in [0.15, 0.2) is 16.3 Å². The van der Waals surface area contributed by atoms with Crippen molar-refractivity contribution in [3.63, 3.8) is 0 Å². The highest BCUT2D eigenvalue weighted by atomic mass is 32.2. The number of nitrogens with two attached hydrogens (primary N) is 1. The first kappa shape index (κ1) is 16.3. The maximum atomic E-state index is 12.6. The van der Waals surface area contributed by atoms with Crippen molar-refractivity contribution >= 4 is 44.5 Å². The highest BCUT2D eigenvalue weighted by Crippen LogP contribution is 2.30. The van der Waals surface area contributed by atoms with Crippen LogP contribution in [0.25, 0.3) is 0 Å². The first-order valence-corrected chi connectivity index (χ1v) is 9.12. The number of thiocarbonyl (C=S) groups is 1. The molecule has 6 nitrogen and oxygen atoms in total. The zero-order valence-electron chi connectivity index (χ0n) is 11.4. The van der Waals surface area contributed by atoms with Gasteiger partial charge in [0.25, 0.3) is 10.0 Å². The largest absolute Gasteiger partial charge is 0.465 e. The van der Waals surface area contributed by atoms with E-state index in [0.29, 0.717) is 24.3 Å². The monoisotopic (exact) mass is 348 g/mol.